The highest BCUT2D eigenvalue weighted by Gasteiger charge is 2.47. The van der Waals surface area contributed by atoms with Crippen molar-refractivity contribution in [2.75, 3.05) is 0 Å². The van der Waals surface area contributed by atoms with E-state index in [0.717, 1.165) is 49.8 Å². The SMILES string of the molecule is Cc1c(C(=O)O)ccc2c1O[C@H]1C[C@@H](O)[C@H](/C=C/C(O)C3(Oc4ccccc4)CCC3)[C@H]1CCC2. The summed E-state index contributed by atoms with van der Waals surface area (Å²) in [6.07, 6.45) is 7.94. The molecule has 6 nitrogen and oxygen atoms in total. The normalized spacial score (nSPS) is 28.1. The number of fused-ring (bicyclic) bond motifs is 2. The van der Waals surface area contributed by atoms with Crippen molar-refractivity contribution in [1.29, 1.82) is 0 Å². The van der Waals surface area contributed by atoms with Gasteiger partial charge in [-0.05, 0) is 69.2 Å². The number of aryl methyl sites for hydroxylation is 1. The Kier molecular flexibility index (Phi) is 6.60. The van der Waals surface area contributed by atoms with Crippen LogP contribution in [-0.2, 0) is 6.42 Å². The van der Waals surface area contributed by atoms with Gasteiger partial charge in [0.2, 0.25) is 0 Å². The number of hydrogen-bond acceptors (Lipinski definition) is 5. The number of aromatic carboxylic acids is 1. The summed E-state index contributed by atoms with van der Waals surface area (Å²) in [7, 11) is 0. The van der Waals surface area contributed by atoms with Crippen LogP contribution in [0.4, 0.5) is 0 Å². The van der Waals surface area contributed by atoms with E-state index in [9.17, 15) is 20.1 Å². The zero-order valence-electron chi connectivity index (χ0n) is 20.1. The number of aliphatic hydroxyl groups excluding tert-OH is 2. The van der Waals surface area contributed by atoms with Crippen LogP contribution in [-0.4, -0.2) is 45.2 Å². The number of ether oxygens (including phenoxy) is 2. The predicted molar refractivity (Wildman–Crippen MR) is 132 cm³/mol. The zero-order chi connectivity index (χ0) is 24.6. The minimum atomic E-state index is -0.962. The van der Waals surface area contributed by atoms with Crippen molar-refractivity contribution in [1.82, 2.24) is 0 Å². The lowest BCUT2D eigenvalue weighted by atomic mass is 9.75. The smallest absolute Gasteiger partial charge is 0.336 e. The van der Waals surface area contributed by atoms with Gasteiger partial charge in [-0.2, -0.15) is 0 Å². The van der Waals surface area contributed by atoms with E-state index < -0.39 is 23.8 Å². The van der Waals surface area contributed by atoms with Gasteiger partial charge in [-0.3, -0.25) is 0 Å². The molecular weight excluding hydrogens is 444 g/mol. The summed E-state index contributed by atoms with van der Waals surface area (Å²) in [5, 5.41) is 31.6. The molecule has 0 spiro atoms. The van der Waals surface area contributed by atoms with Crippen molar-refractivity contribution < 1.29 is 29.6 Å². The first-order valence-electron chi connectivity index (χ1n) is 12.7. The van der Waals surface area contributed by atoms with E-state index in [2.05, 4.69) is 0 Å². The van der Waals surface area contributed by atoms with E-state index in [1.54, 1.807) is 19.1 Å². The second kappa shape index (κ2) is 9.67. The molecule has 35 heavy (non-hydrogen) atoms. The summed E-state index contributed by atoms with van der Waals surface area (Å²) in [5.41, 5.74) is 1.30. The molecule has 0 radical (unpaired) electrons. The van der Waals surface area contributed by atoms with Crippen LogP contribution in [0.2, 0.25) is 0 Å². The molecule has 2 fully saturated rings. The lowest BCUT2D eigenvalue weighted by Gasteiger charge is -2.44. The largest absolute Gasteiger partial charge is 0.489 e. The maximum atomic E-state index is 11.6. The Morgan fingerprint density at radius 2 is 1.94 bits per heavy atom. The standard InChI is InChI=1S/C29H34O6/c1-18-21(28(32)33)12-11-19-7-5-10-23-22(24(30)17-25(23)34-27(18)19)13-14-26(31)29(15-6-16-29)35-20-8-3-2-4-9-20/h2-4,8-9,11-14,22-26,30-31H,5-7,10,15-17H2,1H3,(H,32,33)/b14-13+/t22-,23-,24-,25+,26?/m1/s1. The fraction of sp³-hybridized carbons (Fsp3) is 0.483. The monoisotopic (exact) mass is 478 g/mol. The molecule has 0 aromatic heterocycles. The molecule has 1 unspecified atom stereocenters. The van der Waals surface area contributed by atoms with Gasteiger partial charge in [-0.15, -0.1) is 0 Å². The van der Waals surface area contributed by atoms with Crippen LogP contribution in [0.25, 0.3) is 0 Å². The van der Waals surface area contributed by atoms with Crippen molar-refractivity contribution in [3.8, 4) is 11.5 Å². The minimum absolute atomic E-state index is 0.0990. The molecule has 5 atom stereocenters. The molecule has 2 aliphatic carbocycles. The van der Waals surface area contributed by atoms with Crippen molar-refractivity contribution >= 4 is 5.97 Å². The average Bonchev–Trinajstić information content (AvgIpc) is 3.08. The third kappa shape index (κ3) is 4.57. The van der Waals surface area contributed by atoms with Crippen LogP contribution >= 0.6 is 0 Å². The van der Waals surface area contributed by atoms with E-state index in [4.69, 9.17) is 9.47 Å². The Labute approximate surface area is 206 Å². The van der Waals surface area contributed by atoms with Gasteiger partial charge in [0.05, 0.1) is 11.7 Å². The number of hydrogen-bond donors (Lipinski definition) is 3. The predicted octanol–water partition coefficient (Wildman–Crippen LogP) is 4.69. The highest BCUT2D eigenvalue weighted by Crippen LogP contribution is 2.44. The third-order valence-electron chi connectivity index (χ3n) is 8.18. The first kappa shape index (κ1) is 23.9. The van der Waals surface area contributed by atoms with Gasteiger partial charge < -0.3 is 24.8 Å². The Morgan fingerprint density at radius 3 is 2.63 bits per heavy atom. The Bertz CT molecular complexity index is 1090. The molecule has 0 amide bonds. The van der Waals surface area contributed by atoms with Crippen molar-refractivity contribution in [2.45, 2.75) is 75.8 Å². The van der Waals surface area contributed by atoms with Crippen LogP contribution in [0, 0.1) is 18.8 Å². The van der Waals surface area contributed by atoms with E-state index >= 15 is 0 Å². The van der Waals surface area contributed by atoms with Gasteiger partial charge >= 0.3 is 5.97 Å². The number of benzene rings is 2. The topological polar surface area (TPSA) is 96.2 Å². The van der Waals surface area contributed by atoms with Crippen LogP contribution in [0.1, 0.15) is 60.0 Å². The quantitative estimate of drug-likeness (QED) is 0.521. The maximum absolute atomic E-state index is 11.6. The first-order valence-corrected chi connectivity index (χ1v) is 12.7. The molecule has 3 N–H and O–H groups in total. The van der Waals surface area contributed by atoms with Crippen LogP contribution < -0.4 is 9.47 Å². The van der Waals surface area contributed by atoms with Crippen molar-refractivity contribution in [3.05, 3.63) is 71.3 Å². The molecule has 5 rings (SSSR count). The number of carboxylic acid groups (broad SMARTS) is 1. The molecule has 0 bridgehead atoms. The minimum Gasteiger partial charge on any atom is -0.489 e. The average molecular weight is 479 g/mol. The summed E-state index contributed by atoms with van der Waals surface area (Å²) >= 11 is 0. The number of rotatable bonds is 6. The van der Waals surface area contributed by atoms with Crippen molar-refractivity contribution in [2.24, 2.45) is 11.8 Å². The highest BCUT2D eigenvalue weighted by molar-refractivity contribution is 5.90. The summed E-state index contributed by atoms with van der Waals surface area (Å²) in [6.45, 7) is 1.79. The molecule has 3 aliphatic rings. The fourth-order valence-corrected chi connectivity index (χ4v) is 6.02. The molecule has 1 heterocycles. The van der Waals surface area contributed by atoms with Crippen molar-refractivity contribution in [3.63, 3.8) is 0 Å². The van der Waals surface area contributed by atoms with Crippen LogP contribution in [0.15, 0.2) is 54.6 Å². The zero-order valence-corrected chi connectivity index (χ0v) is 20.1. The van der Waals surface area contributed by atoms with E-state index in [1.807, 2.05) is 42.5 Å². The fourth-order valence-electron chi connectivity index (χ4n) is 6.02. The van der Waals surface area contributed by atoms with Gasteiger partial charge in [-0.25, -0.2) is 4.79 Å². The molecule has 2 aromatic carbocycles. The first-order chi connectivity index (χ1) is 16.9. The second-order valence-electron chi connectivity index (χ2n) is 10.3. The maximum Gasteiger partial charge on any atom is 0.336 e. The Morgan fingerprint density at radius 1 is 1.17 bits per heavy atom. The summed E-state index contributed by atoms with van der Waals surface area (Å²) < 4.78 is 12.7. The number of para-hydroxylation sites is 1. The lowest BCUT2D eigenvalue weighted by molar-refractivity contribution is -0.0852. The van der Waals surface area contributed by atoms with E-state index in [1.165, 1.54) is 0 Å². The van der Waals surface area contributed by atoms with Crippen LogP contribution in [0.3, 0.4) is 0 Å². The highest BCUT2D eigenvalue weighted by atomic mass is 16.5. The summed E-state index contributed by atoms with van der Waals surface area (Å²) in [4.78, 5) is 11.6. The molecule has 1 aliphatic heterocycles. The lowest BCUT2D eigenvalue weighted by Crippen LogP contribution is -2.52. The van der Waals surface area contributed by atoms with Crippen LogP contribution in [0.5, 0.6) is 11.5 Å². The van der Waals surface area contributed by atoms with E-state index in [0.29, 0.717) is 17.7 Å². The van der Waals surface area contributed by atoms with Gasteiger partial charge in [0, 0.05) is 23.8 Å². The summed E-state index contributed by atoms with van der Waals surface area (Å²) in [6, 6.07) is 13.1. The van der Waals surface area contributed by atoms with Gasteiger partial charge in [-0.1, -0.05) is 36.4 Å². The molecular formula is C29H34O6. The van der Waals surface area contributed by atoms with E-state index in [-0.39, 0.29) is 23.5 Å². The third-order valence-corrected chi connectivity index (χ3v) is 8.18. The molecule has 186 valence electrons. The number of carboxylic acids is 1. The molecule has 6 heteroatoms. The Balaban J connectivity index is 1.33. The molecule has 0 saturated heterocycles. The van der Waals surface area contributed by atoms with Gasteiger partial charge in [0.15, 0.2) is 0 Å². The number of aliphatic hydroxyl groups is 2. The number of carbonyl (C=O) groups is 1. The van der Waals surface area contributed by atoms with Gasteiger partial charge in [0.25, 0.3) is 0 Å². The van der Waals surface area contributed by atoms with Gasteiger partial charge in [0.1, 0.15) is 29.3 Å². The summed E-state index contributed by atoms with van der Waals surface area (Å²) in [5.74, 6) is 0.413. The molecule has 2 saturated carbocycles. The second-order valence-corrected chi connectivity index (χ2v) is 10.3. The molecule has 2 aromatic rings. The Hall–Kier alpha value is -2.83.